The van der Waals surface area contributed by atoms with Gasteiger partial charge in [-0.3, -0.25) is 9.78 Å². The van der Waals surface area contributed by atoms with Crippen LogP contribution in [0.2, 0.25) is 0 Å². The van der Waals surface area contributed by atoms with Gasteiger partial charge in [0.1, 0.15) is 11.8 Å². The number of nitrogens with one attached hydrogen (secondary N) is 1. The van der Waals surface area contributed by atoms with Crippen LogP contribution in [0.15, 0.2) is 18.5 Å². The Morgan fingerprint density at radius 2 is 2.21 bits per heavy atom. The summed E-state index contributed by atoms with van der Waals surface area (Å²) in [5.74, 6) is -1.37. The minimum Gasteiger partial charge on any atom is -0.494 e. The van der Waals surface area contributed by atoms with E-state index in [1.807, 2.05) is 6.92 Å². The number of amides is 1. The summed E-state index contributed by atoms with van der Waals surface area (Å²) in [4.78, 5) is 27.1. The van der Waals surface area contributed by atoms with Gasteiger partial charge in [0.15, 0.2) is 0 Å². The number of methoxy groups -OCH3 is 1. The number of hydrogen-bond acceptors (Lipinski definition) is 4. The van der Waals surface area contributed by atoms with Crippen LogP contribution in [0, 0.1) is 5.92 Å². The van der Waals surface area contributed by atoms with Gasteiger partial charge in [-0.15, -0.1) is 0 Å². The molecule has 0 aliphatic rings. The highest BCUT2D eigenvalue weighted by Crippen LogP contribution is 2.16. The molecule has 1 aromatic rings. The van der Waals surface area contributed by atoms with Crippen LogP contribution in [0.4, 0.5) is 0 Å². The van der Waals surface area contributed by atoms with Gasteiger partial charge >= 0.3 is 5.97 Å². The molecule has 1 heterocycles. The van der Waals surface area contributed by atoms with E-state index in [2.05, 4.69) is 10.3 Å². The third kappa shape index (κ3) is 3.67. The molecule has 104 valence electrons. The summed E-state index contributed by atoms with van der Waals surface area (Å²) in [5, 5.41) is 11.7. The SMILES string of the molecule is CC[C@H](C)[C@H](NC(=O)c1ccncc1OC)C(=O)O. The van der Waals surface area contributed by atoms with Gasteiger partial charge in [0, 0.05) is 6.20 Å². The first-order chi connectivity index (χ1) is 9.01. The van der Waals surface area contributed by atoms with Crippen molar-refractivity contribution in [3.05, 3.63) is 24.0 Å². The van der Waals surface area contributed by atoms with E-state index in [1.54, 1.807) is 6.92 Å². The van der Waals surface area contributed by atoms with E-state index in [4.69, 9.17) is 9.84 Å². The summed E-state index contributed by atoms with van der Waals surface area (Å²) in [5.41, 5.74) is 0.270. The van der Waals surface area contributed by atoms with Crippen LogP contribution in [-0.2, 0) is 4.79 Å². The molecule has 1 aromatic heterocycles. The lowest BCUT2D eigenvalue weighted by atomic mass is 9.99. The third-order valence-corrected chi connectivity index (χ3v) is 3.01. The molecule has 0 aliphatic carbocycles. The van der Waals surface area contributed by atoms with E-state index in [0.717, 1.165) is 0 Å². The fourth-order valence-corrected chi connectivity index (χ4v) is 1.63. The summed E-state index contributed by atoms with van der Waals surface area (Å²) < 4.78 is 5.02. The zero-order valence-electron chi connectivity index (χ0n) is 11.2. The summed E-state index contributed by atoms with van der Waals surface area (Å²) >= 11 is 0. The lowest BCUT2D eigenvalue weighted by Crippen LogP contribution is -2.45. The maximum absolute atomic E-state index is 12.1. The number of carboxylic acids is 1. The van der Waals surface area contributed by atoms with E-state index in [1.165, 1.54) is 25.6 Å². The van der Waals surface area contributed by atoms with Gasteiger partial charge < -0.3 is 15.2 Å². The Morgan fingerprint density at radius 1 is 1.53 bits per heavy atom. The van der Waals surface area contributed by atoms with Gasteiger partial charge in [-0.1, -0.05) is 20.3 Å². The Morgan fingerprint density at radius 3 is 2.74 bits per heavy atom. The summed E-state index contributed by atoms with van der Waals surface area (Å²) in [6.45, 7) is 3.66. The van der Waals surface area contributed by atoms with Gasteiger partial charge in [0.25, 0.3) is 5.91 Å². The minimum atomic E-state index is -1.05. The number of aliphatic carboxylic acids is 1. The van der Waals surface area contributed by atoms with E-state index in [9.17, 15) is 9.59 Å². The number of carbonyl (C=O) groups excluding carboxylic acids is 1. The molecule has 1 amide bonds. The predicted molar refractivity (Wildman–Crippen MR) is 69.1 cm³/mol. The molecule has 0 fully saturated rings. The molecule has 0 saturated carbocycles. The molecule has 1 rings (SSSR count). The Bertz CT molecular complexity index is 462. The molecule has 0 saturated heterocycles. The van der Waals surface area contributed by atoms with Gasteiger partial charge in [0.05, 0.1) is 18.9 Å². The van der Waals surface area contributed by atoms with Gasteiger partial charge in [-0.2, -0.15) is 0 Å². The number of carboxylic acid groups (broad SMARTS) is 1. The second-order valence-corrected chi connectivity index (χ2v) is 4.25. The Labute approximate surface area is 111 Å². The van der Waals surface area contributed by atoms with Crippen molar-refractivity contribution in [2.45, 2.75) is 26.3 Å². The van der Waals surface area contributed by atoms with Crippen LogP contribution in [0.5, 0.6) is 5.75 Å². The average molecular weight is 266 g/mol. The monoisotopic (exact) mass is 266 g/mol. The number of rotatable bonds is 6. The number of pyridine rings is 1. The van der Waals surface area contributed by atoms with E-state index < -0.39 is 17.9 Å². The highest BCUT2D eigenvalue weighted by molar-refractivity contribution is 5.98. The van der Waals surface area contributed by atoms with Gasteiger partial charge in [-0.25, -0.2) is 4.79 Å². The first kappa shape index (κ1) is 14.9. The number of aromatic nitrogens is 1. The van der Waals surface area contributed by atoms with E-state index in [0.29, 0.717) is 12.2 Å². The standard InChI is InChI=1S/C13H18N2O4/c1-4-8(2)11(13(17)18)15-12(16)9-5-6-14-7-10(9)19-3/h5-8,11H,4H2,1-3H3,(H,15,16)(H,17,18)/t8-,11-/m0/s1. The van der Waals surface area contributed by atoms with E-state index >= 15 is 0 Å². The number of nitrogens with zero attached hydrogens (tertiary/aromatic N) is 1. The van der Waals surface area contributed by atoms with Crippen molar-refractivity contribution < 1.29 is 19.4 Å². The fraction of sp³-hybridized carbons (Fsp3) is 0.462. The molecular weight excluding hydrogens is 248 g/mol. The largest absolute Gasteiger partial charge is 0.494 e. The first-order valence-corrected chi connectivity index (χ1v) is 6.02. The van der Waals surface area contributed by atoms with Crippen LogP contribution in [0.25, 0.3) is 0 Å². The molecule has 0 radical (unpaired) electrons. The molecule has 0 unspecified atom stereocenters. The second kappa shape index (κ2) is 6.72. The topological polar surface area (TPSA) is 88.5 Å². The smallest absolute Gasteiger partial charge is 0.326 e. The summed E-state index contributed by atoms with van der Waals surface area (Å²) in [7, 11) is 1.43. The van der Waals surface area contributed by atoms with Crippen LogP contribution in [0.3, 0.4) is 0 Å². The molecule has 0 spiro atoms. The molecule has 0 aliphatic heterocycles. The molecule has 19 heavy (non-hydrogen) atoms. The maximum Gasteiger partial charge on any atom is 0.326 e. The Balaban J connectivity index is 2.91. The quantitative estimate of drug-likeness (QED) is 0.810. The molecule has 6 heteroatoms. The van der Waals surface area contributed by atoms with E-state index in [-0.39, 0.29) is 11.5 Å². The minimum absolute atomic E-state index is 0.158. The lowest BCUT2D eigenvalue weighted by molar-refractivity contribution is -0.140. The van der Waals surface area contributed by atoms with Crippen LogP contribution < -0.4 is 10.1 Å². The summed E-state index contributed by atoms with van der Waals surface area (Å²) in [6, 6.07) is 0.569. The van der Waals surface area contributed by atoms with Gasteiger partial charge in [-0.05, 0) is 12.0 Å². The Kier molecular flexibility index (Phi) is 5.29. The highest BCUT2D eigenvalue weighted by Gasteiger charge is 2.26. The number of hydrogen-bond donors (Lipinski definition) is 2. The fourth-order valence-electron chi connectivity index (χ4n) is 1.63. The normalized spacial score (nSPS) is 13.4. The molecule has 0 aromatic carbocycles. The lowest BCUT2D eigenvalue weighted by Gasteiger charge is -2.20. The van der Waals surface area contributed by atoms with Crippen molar-refractivity contribution in [3.63, 3.8) is 0 Å². The van der Waals surface area contributed by atoms with Crippen LogP contribution >= 0.6 is 0 Å². The van der Waals surface area contributed by atoms with Crippen LogP contribution in [-0.4, -0.2) is 35.1 Å². The highest BCUT2D eigenvalue weighted by atomic mass is 16.5. The van der Waals surface area contributed by atoms with Crippen molar-refractivity contribution in [1.29, 1.82) is 0 Å². The Hall–Kier alpha value is -2.11. The van der Waals surface area contributed by atoms with Crippen LogP contribution in [0.1, 0.15) is 30.6 Å². The predicted octanol–water partition coefficient (Wildman–Crippen LogP) is 1.32. The molecule has 2 N–H and O–H groups in total. The van der Waals surface area contributed by atoms with Crippen molar-refractivity contribution in [1.82, 2.24) is 10.3 Å². The maximum atomic E-state index is 12.1. The van der Waals surface area contributed by atoms with Crippen molar-refractivity contribution in [2.75, 3.05) is 7.11 Å². The van der Waals surface area contributed by atoms with Crippen molar-refractivity contribution in [2.24, 2.45) is 5.92 Å². The average Bonchev–Trinajstić information content (AvgIpc) is 2.43. The molecule has 0 bridgehead atoms. The third-order valence-electron chi connectivity index (χ3n) is 3.01. The van der Waals surface area contributed by atoms with Crippen molar-refractivity contribution >= 4 is 11.9 Å². The number of ether oxygens (including phenoxy) is 1. The molecule has 6 nitrogen and oxygen atoms in total. The molecular formula is C13H18N2O4. The van der Waals surface area contributed by atoms with Gasteiger partial charge in [0.2, 0.25) is 0 Å². The summed E-state index contributed by atoms with van der Waals surface area (Å²) in [6.07, 6.45) is 3.52. The zero-order chi connectivity index (χ0) is 14.4. The first-order valence-electron chi connectivity index (χ1n) is 6.02. The molecule has 2 atom stereocenters. The second-order valence-electron chi connectivity index (χ2n) is 4.25. The zero-order valence-corrected chi connectivity index (χ0v) is 11.2. The number of carbonyl (C=O) groups is 2. The van der Waals surface area contributed by atoms with Crippen molar-refractivity contribution in [3.8, 4) is 5.75 Å².